The number of rotatable bonds is 0. The highest BCUT2D eigenvalue weighted by atomic mass is 15.2. The van der Waals surface area contributed by atoms with Crippen LogP contribution in [0.1, 0.15) is 0 Å². The first-order valence-corrected chi connectivity index (χ1v) is 4.19. The maximum Gasteiger partial charge on any atom is 0.0934 e. The van der Waals surface area contributed by atoms with Crippen LogP contribution in [0.4, 0.5) is 0 Å². The molecule has 3 rings (SSSR count). The molecule has 0 atom stereocenters. The van der Waals surface area contributed by atoms with Crippen LogP contribution in [0.2, 0.25) is 0 Å². The average Bonchev–Trinajstić information content (AvgIpc) is 2.56. The van der Waals surface area contributed by atoms with E-state index in [0.29, 0.717) is 0 Å². The van der Waals surface area contributed by atoms with Crippen molar-refractivity contribution in [1.82, 2.24) is 9.61 Å². The zero-order valence-corrected chi connectivity index (χ0v) is 6.94. The first kappa shape index (κ1) is 6.66. The van der Waals surface area contributed by atoms with Gasteiger partial charge in [-0.1, -0.05) is 24.3 Å². The summed E-state index contributed by atoms with van der Waals surface area (Å²) in [5, 5.41) is 5.56. The molecule has 0 amide bonds. The third-order valence-corrected chi connectivity index (χ3v) is 2.16. The normalized spacial score (nSPS) is 11.1. The lowest BCUT2D eigenvalue weighted by Crippen LogP contribution is -1.83. The second kappa shape index (κ2) is 2.33. The summed E-state index contributed by atoms with van der Waals surface area (Å²) in [7, 11) is 0. The Hall–Kier alpha value is -1.83. The molecule has 0 N–H and O–H groups in total. The van der Waals surface area contributed by atoms with Gasteiger partial charge >= 0.3 is 0 Å². The Labute approximate surface area is 75.4 Å². The zero-order chi connectivity index (χ0) is 8.67. The first-order chi connectivity index (χ1) is 6.45. The molecule has 2 aromatic heterocycles. The van der Waals surface area contributed by atoms with Crippen molar-refractivity contribution in [2.45, 2.75) is 0 Å². The number of fused-ring (bicyclic) bond motifs is 3. The second-order valence-corrected chi connectivity index (χ2v) is 2.97. The summed E-state index contributed by atoms with van der Waals surface area (Å²) in [6.45, 7) is 0. The topological polar surface area (TPSA) is 17.3 Å². The van der Waals surface area contributed by atoms with Crippen molar-refractivity contribution in [2.75, 3.05) is 0 Å². The van der Waals surface area contributed by atoms with E-state index in [9.17, 15) is 0 Å². The fourth-order valence-corrected chi connectivity index (χ4v) is 1.56. The summed E-state index contributed by atoms with van der Waals surface area (Å²) < 4.78 is 1.78. The van der Waals surface area contributed by atoms with Crippen molar-refractivity contribution < 1.29 is 0 Å². The third-order valence-electron chi connectivity index (χ3n) is 2.16. The van der Waals surface area contributed by atoms with Gasteiger partial charge < -0.3 is 0 Å². The summed E-state index contributed by atoms with van der Waals surface area (Å²) in [6, 6.07) is 14.0. The Morgan fingerprint density at radius 2 is 2.00 bits per heavy atom. The van der Waals surface area contributed by atoms with Crippen LogP contribution < -0.4 is 0 Å². The molecule has 2 nitrogen and oxygen atoms in total. The molecule has 0 spiro atoms. The Morgan fingerprint density at radius 3 is 3.00 bits per heavy atom. The van der Waals surface area contributed by atoms with Gasteiger partial charge in [0.1, 0.15) is 0 Å². The fourth-order valence-electron chi connectivity index (χ4n) is 1.56. The highest BCUT2D eigenvalue weighted by Crippen LogP contribution is 2.17. The molecule has 0 aliphatic heterocycles. The zero-order valence-electron chi connectivity index (χ0n) is 6.94. The van der Waals surface area contributed by atoms with Crippen molar-refractivity contribution in [3.8, 4) is 0 Å². The number of aromatic nitrogens is 2. The van der Waals surface area contributed by atoms with Gasteiger partial charge in [0.2, 0.25) is 0 Å². The van der Waals surface area contributed by atoms with Gasteiger partial charge in [0.15, 0.2) is 0 Å². The maximum absolute atomic E-state index is 4.38. The molecule has 0 bridgehead atoms. The van der Waals surface area contributed by atoms with E-state index in [-0.39, 0.29) is 0 Å². The van der Waals surface area contributed by atoms with Crippen LogP contribution in [-0.4, -0.2) is 9.61 Å². The highest BCUT2D eigenvalue weighted by Gasteiger charge is 2.01. The number of benzene rings is 1. The van der Waals surface area contributed by atoms with Crippen molar-refractivity contribution in [3.05, 3.63) is 48.7 Å². The summed E-state index contributed by atoms with van der Waals surface area (Å²) >= 11 is 0. The van der Waals surface area contributed by atoms with E-state index in [1.54, 1.807) is 4.52 Å². The lowest BCUT2D eigenvalue weighted by atomic mass is 10.2. The predicted molar refractivity (Wildman–Crippen MR) is 51.5 cm³/mol. The van der Waals surface area contributed by atoms with Gasteiger partial charge in [0.25, 0.3) is 0 Å². The van der Waals surface area contributed by atoms with E-state index < -0.39 is 0 Å². The van der Waals surface area contributed by atoms with Crippen LogP contribution in [0.15, 0.2) is 42.5 Å². The van der Waals surface area contributed by atoms with Crippen molar-refractivity contribution in [3.63, 3.8) is 0 Å². The van der Waals surface area contributed by atoms with E-state index in [1.165, 1.54) is 5.39 Å². The molecule has 0 saturated heterocycles. The smallest absolute Gasteiger partial charge is 0.0934 e. The Morgan fingerprint density at radius 1 is 1.08 bits per heavy atom. The fraction of sp³-hybridized carbons (Fsp3) is 0. The lowest BCUT2D eigenvalue weighted by molar-refractivity contribution is 0.973. The molecule has 0 aliphatic rings. The summed E-state index contributed by atoms with van der Waals surface area (Å²) in [5.74, 6) is 0. The highest BCUT2D eigenvalue weighted by molar-refractivity contribution is 5.93. The number of hydrogen-bond acceptors (Lipinski definition) is 1. The van der Waals surface area contributed by atoms with Gasteiger partial charge in [0.05, 0.1) is 17.2 Å². The van der Waals surface area contributed by atoms with E-state index in [0.717, 1.165) is 11.0 Å². The molecule has 0 aliphatic carbocycles. The van der Waals surface area contributed by atoms with E-state index >= 15 is 0 Å². The molecule has 2 heterocycles. The minimum absolute atomic E-state index is 1.02. The molecule has 1 radical (unpaired) electrons. The van der Waals surface area contributed by atoms with Gasteiger partial charge in [0, 0.05) is 5.39 Å². The Bertz CT molecular complexity index is 516. The van der Waals surface area contributed by atoms with Gasteiger partial charge in [-0.2, -0.15) is 5.10 Å². The largest absolute Gasteiger partial charge is 0.230 e. The van der Waals surface area contributed by atoms with Crippen LogP contribution in [0.25, 0.3) is 16.4 Å². The minimum atomic E-state index is 1.02. The third kappa shape index (κ3) is 0.855. The van der Waals surface area contributed by atoms with Crippen molar-refractivity contribution in [2.24, 2.45) is 0 Å². The van der Waals surface area contributed by atoms with E-state index in [2.05, 4.69) is 17.4 Å². The molecule has 1 aromatic carbocycles. The van der Waals surface area contributed by atoms with Crippen LogP contribution in [0.5, 0.6) is 0 Å². The molecule has 0 fully saturated rings. The minimum Gasteiger partial charge on any atom is -0.230 e. The van der Waals surface area contributed by atoms with Crippen molar-refractivity contribution in [1.29, 1.82) is 0 Å². The molecule has 13 heavy (non-hydrogen) atoms. The summed E-state index contributed by atoms with van der Waals surface area (Å²) in [6.07, 6.45) is 3.05. The molecule has 2 heteroatoms. The van der Waals surface area contributed by atoms with E-state index in [1.807, 2.05) is 36.4 Å². The molecule has 0 saturated carbocycles. The molecule has 61 valence electrons. The lowest BCUT2D eigenvalue weighted by Gasteiger charge is -1.88. The average molecular weight is 167 g/mol. The first-order valence-electron chi connectivity index (χ1n) is 4.19. The van der Waals surface area contributed by atoms with Crippen molar-refractivity contribution >= 4 is 16.4 Å². The van der Waals surface area contributed by atoms with E-state index in [4.69, 9.17) is 0 Å². The standard InChI is InChI=1S/C11H7N2/c1-2-6-10-9(5-1)11-7-3-4-8-13(11)12-10/h1-7H. The van der Waals surface area contributed by atoms with Crippen LogP contribution in [-0.2, 0) is 0 Å². The van der Waals surface area contributed by atoms with Crippen LogP contribution in [0.3, 0.4) is 0 Å². The second-order valence-electron chi connectivity index (χ2n) is 2.97. The van der Waals surface area contributed by atoms with Crippen LogP contribution >= 0.6 is 0 Å². The quantitative estimate of drug-likeness (QED) is 0.502. The number of nitrogens with zero attached hydrogens (tertiary/aromatic N) is 2. The Balaban J connectivity index is 2.64. The predicted octanol–water partition coefficient (Wildman–Crippen LogP) is 2.29. The van der Waals surface area contributed by atoms with Gasteiger partial charge in [-0.3, -0.25) is 0 Å². The molecule has 3 aromatic rings. The molecule has 0 unspecified atom stereocenters. The molecular formula is C11H7N2. The number of hydrogen-bond donors (Lipinski definition) is 0. The maximum atomic E-state index is 4.38. The number of pyridine rings is 1. The summed E-state index contributed by atoms with van der Waals surface area (Å²) in [4.78, 5) is 0. The van der Waals surface area contributed by atoms with Gasteiger partial charge in [-0.15, -0.1) is 0 Å². The Kier molecular flexibility index (Phi) is 1.19. The monoisotopic (exact) mass is 167 g/mol. The van der Waals surface area contributed by atoms with Gasteiger partial charge in [-0.05, 0) is 18.2 Å². The van der Waals surface area contributed by atoms with Gasteiger partial charge in [-0.25, -0.2) is 4.52 Å². The summed E-state index contributed by atoms with van der Waals surface area (Å²) in [5.41, 5.74) is 2.13. The SMILES string of the molecule is [c]1cccc2c3ccccc3nn12. The van der Waals surface area contributed by atoms with Crippen LogP contribution in [0, 0.1) is 6.20 Å². The molecular weight excluding hydrogens is 160 g/mol.